The first-order valence-electron chi connectivity index (χ1n) is 6.10. The van der Waals surface area contributed by atoms with Crippen LogP contribution in [0.15, 0.2) is 54.6 Å². The molecule has 0 aliphatic heterocycles. The number of thiocarbonyl (C=S) groups is 1. The van der Waals surface area contributed by atoms with E-state index in [1.807, 2.05) is 59.5 Å². The molecule has 2 nitrogen and oxygen atoms in total. The second kappa shape index (κ2) is 6.55. The number of benzene rings is 2. The highest BCUT2D eigenvalue weighted by atomic mass is 35.5. The van der Waals surface area contributed by atoms with Crippen molar-refractivity contribution in [3.8, 4) is 0 Å². The maximum absolute atomic E-state index is 6.12. The Balaban J connectivity index is 2.17. The molecule has 0 amide bonds. The van der Waals surface area contributed by atoms with E-state index in [4.69, 9.17) is 23.8 Å². The molecular formula is C15H15ClN2S. The summed E-state index contributed by atoms with van der Waals surface area (Å²) in [4.78, 5) is 2.03. The van der Waals surface area contributed by atoms with Crippen LogP contribution in [0.4, 0.5) is 11.4 Å². The van der Waals surface area contributed by atoms with Crippen molar-refractivity contribution in [3.63, 3.8) is 0 Å². The van der Waals surface area contributed by atoms with Gasteiger partial charge in [0, 0.05) is 12.2 Å². The Bertz CT molecular complexity index is 557. The molecule has 1 N–H and O–H groups in total. The van der Waals surface area contributed by atoms with Crippen LogP contribution in [-0.2, 0) is 0 Å². The summed E-state index contributed by atoms with van der Waals surface area (Å²) in [6.07, 6.45) is 0. The second-order valence-electron chi connectivity index (χ2n) is 3.99. The minimum Gasteiger partial charge on any atom is -0.331 e. The normalized spacial score (nSPS) is 10.0. The van der Waals surface area contributed by atoms with E-state index in [-0.39, 0.29) is 0 Å². The number of nitrogens with one attached hydrogen (secondary N) is 1. The minimum atomic E-state index is 0.641. The highest BCUT2D eigenvalue weighted by Gasteiger charge is 2.10. The van der Waals surface area contributed by atoms with Crippen molar-refractivity contribution in [1.82, 2.24) is 0 Å². The first-order valence-corrected chi connectivity index (χ1v) is 6.89. The summed E-state index contributed by atoms with van der Waals surface area (Å²) < 4.78 is 0. The topological polar surface area (TPSA) is 15.3 Å². The summed E-state index contributed by atoms with van der Waals surface area (Å²) in [5.74, 6) is 0. The Morgan fingerprint density at radius 1 is 1.11 bits per heavy atom. The number of hydrogen-bond acceptors (Lipinski definition) is 1. The quantitative estimate of drug-likeness (QED) is 0.834. The predicted molar refractivity (Wildman–Crippen MR) is 87.1 cm³/mol. The maximum Gasteiger partial charge on any atom is 0.177 e. The van der Waals surface area contributed by atoms with Crippen molar-refractivity contribution in [2.75, 3.05) is 16.8 Å². The molecule has 0 bridgehead atoms. The zero-order valence-corrected chi connectivity index (χ0v) is 12.2. The first-order chi connectivity index (χ1) is 9.22. The largest absolute Gasteiger partial charge is 0.331 e. The van der Waals surface area contributed by atoms with Gasteiger partial charge in [0.15, 0.2) is 5.11 Å². The maximum atomic E-state index is 6.12. The van der Waals surface area contributed by atoms with Crippen LogP contribution >= 0.6 is 23.8 Å². The molecule has 2 rings (SSSR count). The SMILES string of the molecule is CCN(C(=S)Nc1ccccc1Cl)c1ccccc1. The number of hydrogen-bond donors (Lipinski definition) is 1. The summed E-state index contributed by atoms with van der Waals surface area (Å²) in [5, 5.41) is 4.49. The lowest BCUT2D eigenvalue weighted by atomic mass is 10.3. The Labute approximate surface area is 124 Å². The van der Waals surface area contributed by atoms with Crippen LogP contribution < -0.4 is 10.2 Å². The number of rotatable bonds is 3. The Kier molecular flexibility index (Phi) is 4.77. The van der Waals surface area contributed by atoms with Gasteiger partial charge in [0.1, 0.15) is 0 Å². The molecule has 0 fully saturated rings. The van der Waals surface area contributed by atoms with Crippen molar-refractivity contribution in [2.24, 2.45) is 0 Å². The summed E-state index contributed by atoms with van der Waals surface area (Å²) in [6.45, 7) is 2.86. The van der Waals surface area contributed by atoms with Gasteiger partial charge in [-0.15, -0.1) is 0 Å². The lowest BCUT2D eigenvalue weighted by Gasteiger charge is -2.24. The van der Waals surface area contributed by atoms with Crippen molar-refractivity contribution in [1.29, 1.82) is 0 Å². The van der Waals surface area contributed by atoms with Gasteiger partial charge >= 0.3 is 0 Å². The van der Waals surface area contributed by atoms with Gasteiger partial charge < -0.3 is 10.2 Å². The van der Waals surface area contributed by atoms with Gasteiger partial charge in [-0.05, 0) is 43.4 Å². The summed E-state index contributed by atoms with van der Waals surface area (Å²) in [5.41, 5.74) is 1.89. The standard InChI is InChI=1S/C15H15ClN2S/c1-2-18(12-8-4-3-5-9-12)15(19)17-14-11-7-6-10-13(14)16/h3-11H,2H2,1H3,(H,17,19). The number of anilines is 2. The molecule has 0 heterocycles. The average molecular weight is 291 g/mol. The van der Waals surface area contributed by atoms with E-state index in [1.165, 1.54) is 0 Å². The van der Waals surface area contributed by atoms with E-state index in [0.717, 1.165) is 17.9 Å². The molecule has 2 aromatic carbocycles. The Morgan fingerprint density at radius 3 is 2.37 bits per heavy atom. The molecule has 0 saturated carbocycles. The van der Waals surface area contributed by atoms with Crippen molar-refractivity contribution < 1.29 is 0 Å². The molecule has 0 aromatic heterocycles. The van der Waals surface area contributed by atoms with E-state index < -0.39 is 0 Å². The zero-order valence-electron chi connectivity index (χ0n) is 10.6. The summed E-state index contributed by atoms with van der Waals surface area (Å²) in [6, 6.07) is 17.6. The fraction of sp³-hybridized carbons (Fsp3) is 0.133. The van der Waals surface area contributed by atoms with Crippen LogP contribution in [0.1, 0.15) is 6.92 Å². The second-order valence-corrected chi connectivity index (χ2v) is 4.78. The number of para-hydroxylation sites is 2. The fourth-order valence-corrected chi connectivity index (χ4v) is 2.32. The molecule has 4 heteroatoms. The van der Waals surface area contributed by atoms with Crippen molar-refractivity contribution >= 4 is 40.3 Å². The summed E-state index contributed by atoms with van der Waals surface area (Å²) in [7, 11) is 0. The van der Waals surface area contributed by atoms with E-state index in [2.05, 4.69) is 12.2 Å². The van der Waals surface area contributed by atoms with Gasteiger partial charge in [-0.3, -0.25) is 0 Å². The van der Waals surface area contributed by atoms with Crippen LogP contribution in [0, 0.1) is 0 Å². The van der Waals surface area contributed by atoms with Crippen molar-refractivity contribution in [3.05, 3.63) is 59.6 Å². The highest BCUT2D eigenvalue weighted by molar-refractivity contribution is 7.80. The molecule has 0 aliphatic rings. The molecule has 0 atom stereocenters. The third-order valence-corrected chi connectivity index (χ3v) is 3.40. The monoisotopic (exact) mass is 290 g/mol. The Hall–Kier alpha value is -1.58. The van der Waals surface area contributed by atoms with E-state index >= 15 is 0 Å². The van der Waals surface area contributed by atoms with Gasteiger partial charge in [-0.25, -0.2) is 0 Å². The molecule has 98 valence electrons. The molecule has 2 aromatic rings. The van der Waals surface area contributed by atoms with E-state index in [0.29, 0.717) is 10.1 Å². The lowest BCUT2D eigenvalue weighted by molar-refractivity contribution is 1.07. The van der Waals surface area contributed by atoms with Gasteiger partial charge in [0.25, 0.3) is 0 Å². The number of nitrogens with zero attached hydrogens (tertiary/aromatic N) is 1. The smallest absolute Gasteiger partial charge is 0.177 e. The van der Waals surface area contributed by atoms with Crippen molar-refractivity contribution in [2.45, 2.75) is 6.92 Å². The highest BCUT2D eigenvalue weighted by Crippen LogP contribution is 2.22. The van der Waals surface area contributed by atoms with Gasteiger partial charge in [0.05, 0.1) is 10.7 Å². The predicted octanol–water partition coefficient (Wildman–Crippen LogP) is 4.56. The summed E-state index contributed by atoms with van der Waals surface area (Å²) >= 11 is 11.6. The van der Waals surface area contributed by atoms with E-state index in [1.54, 1.807) is 0 Å². The van der Waals surface area contributed by atoms with Crippen LogP contribution in [0.3, 0.4) is 0 Å². The average Bonchev–Trinajstić information content (AvgIpc) is 2.43. The molecule has 0 radical (unpaired) electrons. The van der Waals surface area contributed by atoms with Crippen LogP contribution in [0.5, 0.6) is 0 Å². The van der Waals surface area contributed by atoms with E-state index in [9.17, 15) is 0 Å². The van der Waals surface area contributed by atoms with Gasteiger partial charge in [0.2, 0.25) is 0 Å². The molecular weight excluding hydrogens is 276 g/mol. The first kappa shape index (κ1) is 13.8. The van der Waals surface area contributed by atoms with Gasteiger partial charge in [-0.2, -0.15) is 0 Å². The van der Waals surface area contributed by atoms with Gasteiger partial charge in [-0.1, -0.05) is 41.9 Å². The Morgan fingerprint density at radius 2 is 1.74 bits per heavy atom. The third kappa shape index (κ3) is 3.46. The fourth-order valence-electron chi connectivity index (χ4n) is 1.80. The molecule has 0 saturated heterocycles. The zero-order chi connectivity index (χ0) is 13.7. The third-order valence-electron chi connectivity index (χ3n) is 2.74. The molecule has 0 aliphatic carbocycles. The molecule has 0 spiro atoms. The minimum absolute atomic E-state index is 0.641. The van der Waals surface area contributed by atoms with Crippen LogP contribution in [-0.4, -0.2) is 11.7 Å². The number of halogens is 1. The van der Waals surface area contributed by atoms with Crippen LogP contribution in [0.2, 0.25) is 5.02 Å². The molecule has 19 heavy (non-hydrogen) atoms. The van der Waals surface area contributed by atoms with Crippen LogP contribution in [0.25, 0.3) is 0 Å². The lowest BCUT2D eigenvalue weighted by Crippen LogP contribution is -2.34. The molecule has 0 unspecified atom stereocenters.